The van der Waals surface area contributed by atoms with Crippen molar-refractivity contribution in [2.24, 2.45) is 5.73 Å². The number of nitrogens with one attached hydrogen (secondary N) is 1. The van der Waals surface area contributed by atoms with Crippen LogP contribution in [-0.4, -0.2) is 95.7 Å². The van der Waals surface area contributed by atoms with Gasteiger partial charge in [0.15, 0.2) is 23.8 Å². The molecule has 15 nitrogen and oxygen atoms in total. The van der Waals surface area contributed by atoms with Crippen LogP contribution < -0.4 is 25.3 Å². The minimum Gasteiger partial charge on any atom is -0.490 e. The lowest BCUT2D eigenvalue weighted by Crippen LogP contribution is -2.65. The number of esters is 2. The number of amides is 2. The average molecular weight is 1320 g/mol. The normalized spacial score (nSPS) is 17.8. The molecule has 2 heterocycles. The summed E-state index contributed by atoms with van der Waals surface area (Å²) in [5.74, 6) is -3.75. The molecule has 4 rings (SSSR count). The van der Waals surface area contributed by atoms with Crippen LogP contribution in [0, 0.1) is 0 Å². The maximum atomic E-state index is 14.1. The molecule has 0 aliphatic carbocycles. The van der Waals surface area contributed by atoms with Crippen LogP contribution in [0.5, 0.6) is 17.2 Å². The largest absolute Gasteiger partial charge is 0.490 e. The van der Waals surface area contributed by atoms with Gasteiger partial charge in [0.05, 0.1) is 38.4 Å². The van der Waals surface area contributed by atoms with Gasteiger partial charge in [0, 0.05) is 11.8 Å². The van der Waals surface area contributed by atoms with Crippen molar-refractivity contribution in [3.63, 3.8) is 0 Å². The number of hydrogen-bond acceptors (Lipinski definition) is 13. The molecule has 2 aromatic carbocycles. The molecule has 15 heteroatoms. The summed E-state index contributed by atoms with van der Waals surface area (Å²) >= 11 is 0. The summed E-state index contributed by atoms with van der Waals surface area (Å²) in [6.07, 6.45) is 60.2. The van der Waals surface area contributed by atoms with Gasteiger partial charge >= 0.3 is 18.0 Å². The number of aliphatic hydroxyl groups excluding tert-OH is 1. The Bertz CT molecular complexity index is 2240. The number of ether oxygens (including phenoxy) is 6. The summed E-state index contributed by atoms with van der Waals surface area (Å²) in [6, 6.07) is 10.6. The van der Waals surface area contributed by atoms with Gasteiger partial charge in [0.2, 0.25) is 17.3 Å². The van der Waals surface area contributed by atoms with Gasteiger partial charge in [-0.05, 0) is 37.5 Å². The third kappa shape index (κ3) is 35.0. The van der Waals surface area contributed by atoms with Crippen LogP contribution in [0.25, 0.3) is 0 Å². The first-order valence-corrected chi connectivity index (χ1v) is 38.6. The first kappa shape index (κ1) is 81.7. The predicted molar refractivity (Wildman–Crippen MR) is 380 cm³/mol. The fourth-order valence-corrected chi connectivity index (χ4v) is 12.9. The number of unbranched alkanes of at least 4 members (excludes halogenated alkanes) is 45. The number of aliphatic hydroxyl groups is 2. The molecule has 2 aromatic rings. The van der Waals surface area contributed by atoms with Crippen molar-refractivity contribution in [3.8, 4) is 17.2 Å². The Hall–Kier alpha value is -4.70. The van der Waals surface area contributed by atoms with Gasteiger partial charge in [0.25, 0.3) is 0 Å². The van der Waals surface area contributed by atoms with E-state index in [1.165, 1.54) is 263 Å². The van der Waals surface area contributed by atoms with E-state index in [0.29, 0.717) is 37.1 Å². The molecule has 0 radical (unpaired) electrons. The molecule has 0 spiro atoms. The highest BCUT2D eigenvalue weighted by atomic mass is 16.7. The molecule has 0 aromatic heterocycles. The topological polar surface area (TPSA) is 205 Å². The number of urea groups is 1. The van der Waals surface area contributed by atoms with Crippen LogP contribution in [0.4, 0.5) is 4.79 Å². The Morgan fingerprint density at radius 3 is 1.22 bits per heavy atom. The number of ketones is 1. The molecule has 2 aliphatic heterocycles. The van der Waals surface area contributed by atoms with Gasteiger partial charge in [-0.1, -0.05) is 340 Å². The lowest BCUT2D eigenvalue weighted by molar-refractivity contribution is -0.233. The zero-order valence-corrected chi connectivity index (χ0v) is 59.5. The smallest absolute Gasteiger partial charge is 0.346 e. The van der Waals surface area contributed by atoms with Gasteiger partial charge in [-0.25, -0.2) is 14.4 Å². The highest BCUT2D eigenvalue weighted by molar-refractivity contribution is 6.06. The van der Waals surface area contributed by atoms with E-state index < -0.39 is 67.2 Å². The van der Waals surface area contributed by atoms with E-state index in [4.69, 9.17) is 34.2 Å². The fraction of sp³-hybridized carbons (Fsp3) is 0.772. The number of rotatable bonds is 62. The van der Waals surface area contributed by atoms with Crippen molar-refractivity contribution in [1.29, 1.82) is 0 Å². The van der Waals surface area contributed by atoms with Gasteiger partial charge in [-0.15, -0.1) is 0 Å². The summed E-state index contributed by atoms with van der Waals surface area (Å²) in [5, 5.41) is 24.4. The Morgan fingerprint density at radius 2 is 0.872 bits per heavy atom. The molecular formula is C79H133N3O12. The molecular weight excluding hydrogens is 1180 g/mol. The Labute approximate surface area is 570 Å². The van der Waals surface area contributed by atoms with Crippen molar-refractivity contribution in [3.05, 3.63) is 65.9 Å². The molecule has 1 fully saturated rings. The molecule has 1 saturated heterocycles. The summed E-state index contributed by atoms with van der Waals surface area (Å²) in [5.41, 5.74) is 4.85. The second kappa shape index (κ2) is 52.4. The van der Waals surface area contributed by atoms with Crippen molar-refractivity contribution in [2.75, 3.05) is 33.0 Å². The summed E-state index contributed by atoms with van der Waals surface area (Å²) in [4.78, 5) is 55.3. The number of carbonyl (C=O) groups is 4. The standard InChI is InChI=1S/C79H133N3O12/c1-4-7-10-13-16-19-22-25-28-31-34-37-40-43-46-52-59-89-69-62-68(76(86)92-66-73(84)94-79(88)64-72(93-71(79)65-83)82-58-57-78(80,81-77(82)87)75(85)67-55-50-49-51-56-67)63-70(90-60-53-47-44-41-38-35-32-29-26-23-20-17-14-11-8-5-2)74(69)91-61-54-48-45-42-39-36-33-30-27-24-21-18-15-12-9-6-3/h49-51,55-58,62-63,71-72,83,88H,4-48,52-54,59-61,64-66,80H2,1-3H3,(H,81,87)/t71-,72-,78?,79-/m1/s1. The molecule has 94 heavy (non-hydrogen) atoms. The van der Waals surface area contributed by atoms with E-state index >= 15 is 0 Å². The minimum atomic E-state index is -2.43. The highest BCUT2D eigenvalue weighted by Gasteiger charge is 2.54. The summed E-state index contributed by atoms with van der Waals surface area (Å²) < 4.78 is 36.6. The van der Waals surface area contributed by atoms with Crippen LogP contribution >= 0.6 is 0 Å². The fourth-order valence-electron chi connectivity index (χ4n) is 12.9. The van der Waals surface area contributed by atoms with Gasteiger partial charge in [-0.2, -0.15) is 0 Å². The molecule has 2 aliphatic rings. The molecule has 0 saturated carbocycles. The van der Waals surface area contributed by atoms with Crippen LogP contribution in [-0.2, 0) is 19.0 Å². The van der Waals surface area contributed by atoms with Crippen molar-refractivity contribution >= 4 is 23.8 Å². The van der Waals surface area contributed by atoms with Crippen molar-refractivity contribution < 1.29 is 57.8 Å². The number of hydrogen-bond donors (Lipinski definition) is 4. The highest BCUT2D eigenvalue weighted by Crippen LogP contribution is 2.41. The summed E-state index contributed by atoms with van der Waals surface area (Å²) in [7, 11) is 0. The van der Waals surface area contributed by atoms with Gasteiger partial charge in [-0.3, -0.25) is 15.4 Å². The Balaban J connectivity index is 1.37. The molecule has 536 valence electrons. The second-order valence-electron chi connectivity index (χ2n) is 27.3. The van der Waals surface area contributed by atoms with Gasteiger partial charge in [0.1, 0.15) is 12.3 Å². The van der Waals surface area contributed by atoms with E-state index in [1.807, 2.05) is 0 Å². The quantitative estimate of drug-likeness (QED) is 0.0211. The molecule has 2 amide bonds. The van der Waals surface area contributed by atoms with Crippen LogP contribution in [0.3, 0.4) is 0 Å². The SMILES string of the molecule is CCCCCCCCCCCCCCCCCCOc1cc(C(=O)OCC(=O)O[C@]2(O)C[C@H](N3C=CC(N)(C(=O)c4ccccc4)NC3=O)O[C@@H]2CO)cc(OCCCCCCCCCCCCCCCCCC)c1OCCCCCCCCCCCCCCCCCC. The van der Waals surface area contributed by atoms with Crippen LogP contribution in [0.1, 0.15) is 356 Å². The van der Waals surface area contributed by atoms with E-state index in [0.717, 1.165) is 62.7 Å². The average Bonchev–Trinajstić information content (AvgIpc) is 1.53. The number of carbonyl (C=O) groups excluding carboxylic acids is 4. The lowest BCUT2D eigenvalue weighted by atomic mass is 9.97. The Morgan fingerprint density at radius 1 is 0.521 bits per heavy atom. The lowest BCUT2D eigenvalue weighted by Gasteiger charge is -2.35. The zero-order valence-electron chi connectivity index (χ0n) is 59.5. The third-order valence-electron chi connectivity index (χ3n) is 18.8. The monoisotopic (exact) mass is 1320 g/mol. The van der Waals surface area contributed by atoms with E-state index in [2.05, 4.69) is 26.1 Å². The van der Waals surface area contributed by atoms with Crippen molar-refractivity contribution in [1.82, 2.24) is 10.2 Å². The van der Waals surface area contributed by atoms with Crippen LogP contribution in [0.2, 0.25) is 0 Å². The second-order valence-corrected chi connectivity index (χ2v) is 27.3. The van der Waals surface area contributed by atoms with E-state index in [-0.39, 0.29) is 11.1 Å². The number of nitrogens with zero attached hydrogens (tertiary/aromatic N) is 1. The first-order valence-electron chi connectivity index (χ1n) is 38.6. The first-order chi connectivity index (χ1) is 46.0. The number of nitrogens with two attached hydrogens (primary N) is 1. The van der Waals surface area contributed by atoms with E-state index in [9.17, 15) is 29.4 Å². The molecule has 4 atom stereocenters. The molecule has 1 unspecified atom stereocenters. The molecule has 5 N–H and O–H groups in total. The number of benzene rings is 2. The van der Waals surface area contributed by atoms with E-state index in [1.54, 1.807) is 42.5 Å². The number of Topliss-reactive ketones (excluding diaryl/α,β-unsaturated/α-hetero) is 1. The zero-order chi connectivity index (χ0) is 67.4. The van der Waals surface area contributed by atoms with Gasteiger partial charge < -0.3 is 44.0 Å². The third-order valence-corrected chi connectivity index (χ3v) is 18.8. The predicted octanol–water partition coefficient (Wildman–Crippen LogP) is 20.2. The maximum absolute atomic E-state index is 14.1. The van der Waals surface area contributed by atoms with Crippen LogP contribution in [0.15, 0.2) is 54.7 Å². The minimum absolute atomic E-state index is 0.0901. The maximum Gasteiger partial charge on any atom is 0.346 e. The molecule has 0 bridgehead atoms. The Kier molecular flexibility index (Phi) is 45.6. The summed E-state index contributed by atoms with van der Waals surface area (Å²) in [6.45, 7) is 6.43. The van der Waals surface area contributed by atoms with Crippen molar-refractivity contribution in [2.45, 2.75) is 359 Å².